The molecule has 1 saturated heterocycles. The summed E-state index contributed by atoms with van der Waals surface area (Å²) < 4.78 is 29.3. The zero-order chi connectivity index (χ0) is 21.9. The Bertz CT molecular complexity index is 1020. The van der Waals surface area contributed by atoms with Crippen LogP contribution in [0.1, 0.15) is 23.6 Å². The quantitative estimate of drug-likeness (QED) is 0.538. The summed E-state index contributed by atoms with van der Waals surface area (Å²) in [4.78, 5) is 12.2. The van der Waals surface area contributed by atoms with Crippen LogP contribution in [0.5, 0.6) is 0 Å². The molecule has 2 unspecified atom stereocenters. The van der Waals surface area contributed by atoms with Crippen molar-refractivity contribution in [2.45, 2.75) is 29.5 Å². The number of piperidine rings is 1. The number of benzene rings is 2. The molecule has 3 rings (SSSR count). The van der Waals surface area contributed by atoms with Crippen LogP contribution < -0.4 is 0 Å². The van der Waals surface area contributed by atoms with Crippen molar-refractivity contribution in [3.05, 3.63) is 76.8 Å². The van der Waals surface area contributed by atoms with Crippen LogP contribution in [-0.4, -0.2) is 41.3 Å². The number of thioether (sulfide) groups is 1. The fraction of sp³-hybridized carbons (Fsp3) is 0.318. The minimum atomic E-state index is -3.87. The van der Waals surface area contributed by atoms with Gasteiger partial charge in [0.25, 0.3) is 0 Å². The van der Waals surface area contributed by atoms with Gasteiger partial charge in [-0.2, -0.15) is 16.1 Å². The topological polar surface area (TPSA) is 74.7 Å². The highest BCUT2D eigenvalue weighted by atomic mass is 79.9. The van der Waals surface area contributed by atoms with E-state index >= 15 is 0 Å². The maximum Gasteiger partial charge on any atom is 0.308 e. The first kappa shape index (κ1) is 23.1. The molecule has 8 heteroatoms. The molecule has 3 atom stereocenters. The molecule has 1 heterocycles. The molecule has 1 aliphatic heterocycles. The van der Waals surface area contributed by atoms with Gasteiger partial charge < -0.3 is 5.11 Å². The van der Waals surface area contributed by atoms with Crippen LogP contribution in [0.15, 0.2) is 70.6 Å². The Kier molecular flexibility index (Phi) is 7.44. The van der Waals surface area contributed by atoms with Crippen LogP contribution in [0.25, 0.3) is 0 Å². The molecule has 2 aromatic rings. The summed E-state index contributed by atoms with van der Waals surface area (Å²) in [5.74, 6) is -1.16. The number of halogens is 1. The molecule has 2 aromatic carbocycles. The number of carboxylic acids is 1. The molecule has 1 aliphatic rings. The number of carbonyl (C=O) groups is 1. The molecule has 1 N–H and O–H groups in total. The molecule has 0 bridgehead atoms. The number of hydrogen-bond donors (Lipinski definition) is 1. The molecule has 30 heavy (non-hydrogen) atoms. The summed E-state index contributed by atoms with van der Waals surface area (Å²) in [5, 5.41) is 9.62. The first-order chi connectivity index (χ1) is 14.2. The average Bonchev–Trinajstić information content (AvgIpc) is 2.71. The van der Waals surface area contributed by atoms with Crippen molar-refractivity contribution in [1.82, 2.24) is 4.31 Å². The van der Waals surface area contributed by atoms with Crippen molar-refractivity contribution in [2.24, 2.45) is 5.92 Å². The fourth-order valence-corrected chi connectivity index (χ4v) is 6.88. The second-order valence-electron chi connectivity index (χ2n) is 7.30. The Morgan fingerprint density at radius 1 is 1.30 bits per heavy atom. The van der Waals surface area contributed by atoms with Crippen LogP contribution in [0.2, 0.25) is 0 Å². The van der Waals surface area contributed by atoms with E-state index in [0.29, 0.717) is 12.2 Å². The fourth-order valence-electron chi connectivity index (χ4n) is 3.68. The van der Waals surface area contributed by atoms with Crippen molar-refractivity contribution in [3.63, 3.8) is 0 Å². The Labute approximate surface area is 190 Å². The summed E-state index contributed by atoms with van der Waals surface area (Å²) in [7, 11) is -3.87. The van der Waals surface area contributed by atoms with Crippen LogP contribution in [0.4, 0.5) is 0 Å². The van der Waals surface area contributed by atoms with E-state index in [1.54, 1.807) is 30.3 Å². The van der Waals surface area contributed by atoms with Crippen molar-refractivity contribution in [1.29, 1.82) is 0 Å². The lowest BCUT2D eigenvalue weighted by Crippen LogP contribution is -2.49. The lowest BCUT2D eigenvalue weighted by Gasteiger charge is -2.41. The standard InChI is InChI=1S/C22H24BrNO4S2/c1-3-11-29-21-13-20(16-5-4-6-17(23)12-16)24(14-19(21)22(25)26)30(27,28)18-9-7-15(2)8-10-18/h3-10,12,19-21H,1,11,13-14H2,2H3,(H,25,26)/t19?,20?,21-/m1/s1. The maximum absolute atomic E-state index is 13.6. The van der Waals surface area contributed by atoms with Gasteiger partial charge in [-0.15, -0.1) is 6.58 Å². The zero-order valence-corrected chi connectivity index (χ0v) is 19.8. The number of aliphatic carboxylic acids is 1. The van der Waals surface area contributed by atoms with Crippen LogP contribution in [-0.2, 0) is 14.8 Å². The molecule has 0 radical (unpaired) electrons. The Morgan fingerprint density at radius 3 is 2.60 bits per heavy atom. The third kappa shape index (κ3) is 4.99. The van der Waals surface area contributed by atoms with Gasteiger partial charge in [0.15, 0.2) is 0 Å². The van der Waals surface area contributed by atoms with Gasteiger partial charge in [0.05, 0.1) is 16.9 Å². The summed E-state index contributed by atoms with van der Waals surface area (Å²) in [6.07, 6.45) is 2.16. The monoisotopic (exact) mass is 509 g/mol. The van der Waals surface area contributed by atoms with Gasteiger partial charge >= 0.3 is 5.97 Å². The molecule has 160 valence electrons. The number of sulfonamides is 1. The first-order valence-electron chi connectivity index (χ1n) is 9.53. The highest BCUT2D eigenvalue weighted by Gasteiger charge is 2.45. The van der Waals surface area contributed by atoms with Crippen molar-refractivity contribution < 1.29 is 18.3 Å². The normalized spacial score (nSPS) is 22.5. The molecular weight excluding hydrogens is 486 g/mol. The van der Waals surface area contributed by atoms with Gasteiger partial charge in [0, 0.05) is 22.0 Å². The van der Waals surface area contributed by atoms with Gasteiger partial charge in [-0.1, -0.05) is 51.8 Å². The zero-order valence-electron chi connectivity index (χ0n) is 16.6. The number of carboxylic acid groups (broad SMARTS) is 1. The van der Waals surface area contributed by atoms with Crippen LogP contribution in [0.3, 0.4) is 0 Å². The average molecular weight is 510 g/mol. The SMILES string of the molecule is C=CCS[C@@H]1CC(c2cccc(Br)c2)N(S(=O)(=O)c2ccc(C)cc2)CC1C(=O)O. The van der Waals surface area contributed by atoms with E-state index in [9.17, 15) is 18.3 Å². The number of rotatable bonds is 7. The van der Waals surface area contributed by atoms with Gasteiger partial charge in [0.1, 0.15) is 0 Å². The van der Waals surface area contributed by atoms with Crippen molar-refractivity contribution in [2.75, 3.05) is 12.3 Å². The Balaban J connectivity index is 2.07. The second-order valence-corrected chi connectivity index (χ2v) is 11.4. The van der Waals surface area contributed by atoms with E-state index in [0.717, 1.165) is 15.6 Å². The second kappa shape index (κ2) is 9.68. The maximum atomic E-state index is 13.6. The molecule has 5 nitrogen and oxygen atoms in total. The molecule has 0 aromatic heterocycles. The molecule has 1 fully saturated rings. The third-order valence-electron chi connectivity index (χ3n) is 5.23. The summed E-state index contributed by atoms with van der Waals surface area (Å²) >= 11 is 4.98. The molecule has 0 spiro atoms. The van der Waals surface area contributed by atoms with E-state index in [-0.39, 0.29) is 16.7 Å². The summed E-state index contributed by atoms with van der Waals surface area (Å²) in [5.41, 5.74) is 1.80. The van der Waals surface area contributed by atoms with Crippen molar-refractivity contribution >= 4 is 43.7 Å². The van der Waals surface area contributed by atoms with Crippen molar-refractivity contribution in [3.8, 4) is 0 Å². The molecular formula is C22H24BrNO4S2. The minimum absolute atomic E-state index is 0.0719. The van der Waals surface area contributed by atoms with E-state index in [4.69, 9.17) is 0 Å². The number of aryl methyl sites for hydroxylation is 1. The Hall–Kier alpha value is -1.61. The largest absolute Gasteiger partial charge is 0.481 e. The summed E-state index contributed by atoms with van der Waals surface area (Å²) in [6.45, 7) is 5.54. The minimum Gasteiger partial charge on any atom is -0.481 e. The predicted molar refractivity (Wildman–Crippen MR) is 124 cm³/mol. The van der Waals surface area contributed by atoms with Crippen LogP contribution >= 0.6 is 27.7 Å². The smallest absolute Gasteiger partial charge is 0.308 e. The highest BCUT2D eigenvalue weighted by Crippen LogP contribution is 2.42. The molecule has 0 aliphatic carbocycles. The van der Waals surface area contributed by atoms with Gasteiger partial charge in [-0.25, -0.2) is 8.42 Å². The number of hydrogen-bond acceptors (Lipinski definition) is 4. The van der Waals surface area contributed by atoms with E-state index in [1.807, 2.05) is 31.2 Å². The van der Waals surface area contributed by atoms with E-state index in [2.05, 4.69) is 22.5 Å². The molecule has 0 amide bonds. The number of nitrogens with zero attached hydrogens (tertiary/aromatic N) is 1. The van der Waals surface area contributed by atoms with Gasteiger partial charge in [-0.05, 0) is 43.2 Å². The third-order valence-corrected chi connectivity index (χ3v) is 8.99. The Morgan fingerprint density at radius 2 is 2.00 bits per heavy atom. The van der Waals surface area contributed by atoms with Crippen LogP contribution in [0, 0.1) is 12.8 Å². The predicted octanol–water partition coefficient (Wildman–Crippen LogP) is 4.88. The highest BCUT2D eigenvalue weighted by molar-refractivity contribution is 9.10. The molecule has 0 saturated carbocycles. The first-order valence-corrected chi connectivity index (χ1v) is 12.8. The van der Waals surface area contributed by atoms with E-state index < -0.39 is 28.0 Å². The lowest BCUT2D eigenvalue weighted by molar-refractivity contribution is -0.143. The van der Waals surface area contributed by atoms with Gasteiger partial charge in [-0.3, -0.25) is 4.79 Å². The summed E-state index contributed by atoms with van der Waals surface area (Å²) in [6, 6.07) is 13.8. The lowest BCUT2D eigenvalue weighted by atomic mass is 9.90. The van der Waals surface area contributed by atoms with Gasteiger partial charge in [0.2, 0.25) is 10.0 Å². The van der Waals surface area contributed by atoms with E-state index in [1.165, 1.54) is 16.1 Å².